The molecular weight excluding hydrogens is 492 g/mol. The molecule has 3 aromatic carbocycles. The van der Waals surface area contributed by atoms with Crippen LogP contribution in [0.25, 0.3) is 11.1 Å². The maximum absolute atomic E-state index is 12.7. The molecule has 0 aliphatic heterocycles. The van der Waals surface area contributed by atoms with Crippen LogP contribution in [0.2, 0.25) is 0 Å². The predicted molar refractivity (Wildman–Crippen MR) is 143 cm³/mol. The van der Waals surface area contributed by atoms with Crippen molar-refractivity contribution in [3.8, 4) is 11.1 Å². The summed E-state index contributed by atoms with van der Waals surface area (Å²) < 4.78 is 10.9. The number of hydrogen-bond acceptors (Lipinski definition) is 6. The van der Waals surface area contributed by atoms with Gasteiger partial charge in [-0.2, -0.15) is 0 Å². The second-order valence-corrected chi connectivity index (χ2v) is 10.6. The molecule has 192 valence electrons. The van der Waals surface area contributed by atoms with Crippen LogP contribution in [0.1, 0.15) is 37.8 Å². The summed E-state index contributed by atoms with van der Waals surface area (Å²) in [7, 11) is 0. The predicted octanol–water partition coefficient (Wildman–Crippen LogP) is 6.57. The first-order valence-corrected chi connectivity index (χ1v) is 12.7. The molecule has 1 aliphatic rings. The van der Waals surface area contributed by atoms with Gasteiger partial charge in [-0.05, 0) is 61.2 Å². The number of anilines is 2. The Hall–Kier alpha value is -3.98. The number of thioether (sulfide) groups is 1. The minimum Gasteiger partial charge on any atom is -0.481 e. The molecule has 3 N–H and O–H groups in total. The van der Waals surface area contributed by atoms with Crippen LogP contribution in [0, 0.1) is 0 Å². The quantitative estimate of drug-likeness (QED) is 0.302. The van der Waals surface area contributed by atoms with E-state index in [4.69, 9.17) is 14.6 Å². The summed E-state index contributed by atoms with van der Waals surface area (Å²) in [6.07, 6.45) is -1.33. The van der Waals surface area contributed by atoms with Gasteiger partial charge >= 0.3 is 18.2 Å². The number of rotatable bonds is 7. The van der Waals surface area contributed by atoms with E-state index in [1.54, 1.807) is 39.0 Å². The van der Waals surface area contributed by atoms with Crippen LogP contribution in [0.5, 0.6) is 0 Å². The Morgan fingerprint density at radius 1 is 0.865 bits per heavy atom. The summed E-state index contributed by atoms with van der Waals surface area (Å²) >= 11 is 1.06. The molecule has 3 aromatic rings. The van der Waals surface area contributed by atoms with Gasteiger partial charge in [0, 0.05) is 22.2 Å². The summed E-state index contributed by atoms with van der Waals surface area (Å²) in [5.41, 5.74) is 4.47. The van der Waals surface area contributed by atoms with Crippen molar-refractivity contribution >= 4 is 41.3 Å². The highest BCUT2D eigenvalue weighted by atomic mass is 32.2. The number of hydrogen-bond donors (Lipinski definition) is 3. The van der Waals surface area contributed by atoms with Crippen LogP contribution in [0.3, 0.4) is 0 Å². The monoisotopic (exact) mass is 520 g/mol. The molecule has 0 atom stereocenters. The minimum absolute atomic E-state index is 0.0833. The van der Waals surface area contributed by atoms with Crippen LogP contribution in [-0.2, 0) is 14.3 Å². The van der Waals surface area contributed by atoms with Gasteiger partial charge in [0.15, 0.2) is 0 Å². The standard InChI is InChI=1S/C28H28N2O6S/c1-28(2,3)36-27(34)30-18-12-17(13-19(14-18)37-16-25(31)32)29-26(33)35-15-24-22-10-6-4-8-20(22)21-9-5-7-11-23(21)24/h4-14,24H,15-16H2,1-3H3,(H,29,33)(H,30,34)(H,31,32). The summed E-state index contributed by atoms with van der Waals surface area (Å²) in [5, 5.41) is 14.4. The molecule has 2 amide bonds. The van der Waals surface area contributed by atoms with Crippen molar-refractivity contribution in [3.05, 3.63) is 77.9 Å². The minimum atomic E-state index is -0.985. The molecule has 0 radical (unpaired) electrons. The van der Waals surface area contributed by atoms with E-state index in [2.05, 4.69) is 22.8 Å². The summed E-state index contributed by atoms with van der Waals surface area (Å²) in [5.74, 6) is -1.25. The van der Waals surface area contributed by atoms with E-state index in [0.717, 1.165) is 34.0 Å². The Morgan fingerprint density at radius 3 is 1.95 bits per heavy atom. The zero-order chi connectivity index (χ0) is 26.6. The molecule has 0 aromatic heterocycles. The van der Waals surface area contributed by atoms with Crippen LogP contribution in [0.15, 0.2) is 71.6 Å². The van der Waals surface area contributed by atoms with Gasteiger partial charge in [-0.15, -0.1) is 11.8 Å². The number of carboxylic acids is 1. The molecule has 0 fully saturated rings. The highest BCUT2D eigenvalue weighted by molar-refractivity contribution is 8.00. The molecule has 0 bridgehead atoms. The van der Waals surface area contributed by atoms with Crippen LogP contribution >= 0.6 is 11.8 Å². The number of aliphatic carboxylic acids is 1. The number of ether oxygens (including phenoxy) is 2. The highest BCUT2D eigenvalue weighted by Crippen LogP contribution is 2.44. The topological polar surface area (TPSA) is 114 Å². The lowest BCUT2D eigenvalue weighted by Crippen LogP contribution is -2.27. The normalized spacial score (nSPS) is 12.3. The van der Waals surface area contributed by atoms with Gasteiger partial charge < -0.3 is 14.6 Å². The van der Waals surface area contributed by atoms with E-state index < -0.39 is 23.8 Å². The van der Waals surface area contributed by atoms with E-state index in [-0.39, 0.29) is 18.3 Å². The van der Waals surface area contributed by atoms with Crippen molar-refractivity contribution in [3.63, 3.8) is 0 Å². The van der Waals surface area contributed by atoms with Crippen LogP contribution in [0.4, 0.5) is 21.0 Å². The van der Waals surface area contributed by atoms with E-state index in [1.165, 1.54) is 0 Å². The Kier molecular flexibility index (Phi) is 7.73. The summed E-state index contributed by atoms with van der Waals surface area (Å²) in [4.78, 5) is 36.6. The second kappa shape index (κ2) is 11.0. The average Bonchev–Trinajstić information content (AvgIpc) is 3.14. The van der Waals surface area contributed by atoms with Gasteiger partial charge in [-0.1, -0.05) is 48.5 Å². The molecule has 0 spiro atoms. The molecule has 1 aliphatic carbocycles. The maximum atomic E-state index is 12.7. The van der Waals surface area contributed by atoms with E-state index in [1.807, 2.05) is 36.4 Å². The Balaban J connectivity index is 1.47. The second-order valence-electron chi connectivity index (χ2n) is 9.51. The zero-order valence-electron chi connectivity index (χ0n) is 20.7. The molecule has 0 saturated carbocycles. The smallest absolute Gasteiger partial charge is 0.412 e. The fourth-order valence-electron chi connectivity index (χ4n) is 4.15. The van der Waals surface area contributed by atoms with E-state index in [9.17, 15) is 14.4 Å². The van der Waals surface area contributed by atoms with Gasteiger partial charge in [0.05, 0.1) is 5.75 Å². The van der Waals surface area contributed by atoms with Crippen molar-refractivity contribution in [1.82, 2.24) is 0 Å². The van der Waals surface area contributed by atoms with Gasteiger partial charge in [0.2, 0.25) is 0 Å². The number of fused-ring (bicyclic) bond motifs is 3. The molecule has 9 heteroatoms. The van der Waals surface area contributed by atoms with Crippen molar-refractivity contribution in [2.45, 2.75) is 37.2 Å². The number of benzene rings is 3. The summed E-state index contributed by atoms with van der Waals surface area (Å²) in [6.45, 7) is 5.39. The first-order chi connectivity index (χ1) is 17.6. The first kappa shape index (κ1) is 26.1. The fraction of sp³-hybridized carbons (Fsp3) is 0.250. The molecular formula is C28H28N2O6S. The number of carbonyl (C=O) groups excluding carboxylic acids is 2. The number of carboxylic acid groups (broad SMARTS) is 1. The number of carbonyl (C=O) groups is 3. The van der Waals surface area contributed by atoms with Crippen molar-refractivity contribution in [2.24, 2.45) is 0 Å². The van der Waals surface area contributed by atoms with Gasteiger partial charge in [-0.25, -0.2) is 9.59 Å². The van der Waals surface area contributed by atoms with Gasteiger partial charge in [0.25, 0.3) is 0 Å². The third-order valence-electron chi connectivity index (χ3n) is 5.50. The SMILES string of the molecule is CC(C)(C)OC(=O)Nc1cc(NC(=O)OCC2c3ccccc3-c3ccccc32)cc(SCC(=O)O)c1. The van der Waals surface area contributed by atoms with Crippen molar-refractivity contribution in [1.29, 1.82) is 0 Å². The molecule has 0 saturated heterocycles. The summed E-state index contributed by atoms with van der Waals surface area (Å²) in [6, 6.07) is 20.9. The average molecular weight is 521 g/mol. The zero-order valence-corrected chi connectivity index (χ0v) is 21.6. The van der Waals surface area contributed by atoms with E-state index >= 15 is 0 Å². The van der Waals surface area contributed by atoms with Gasteiger partial charge in [-0.3, -0.25) is 15.4 Å². The van der Waals surface area contributed by atoms with Gasteiger partial charge in [0.1, 0.15) is 12.2 Å². The largest absolute Gasteiger partial charge is 0.481 e. The molecule has 0 unspecified atom stereocenters. The lowest BCUT2D eigenvalue weighted by atomic mass is 9.98. The molecule has 0 heterocycles. The van der Waals surface area contributed by atoms with E-state index in [0.29, 0.717) is 16.3 Å². The highest BCUT2D eigenvalue weighted by Gasteiger charge is 2.29. The molecule has 8 nitrogen and oxygen atoms in total. The van der Waals surface area contributed by atoms with Crippen LogP contribution in [-0.4, -0.2) is 41.2 Å². The Morgan fingerprint density at radius 2 is 1.41 bits per heavy atom. The number of amides is 2. The molecule has 4 rings (SSSR count). The first-order valence-electron chi connectivity index (χ1n) is 11.7. The molecule has 37 heavy (non-hydrogen) atoms. The van der Waals surface area contributed by atoms with Crippen molar-refractivity contribution in [2.75, 3.05) is 23.0 Å². The number of nitrogens with one attached hydrogen (secondary N) is 2. The maximum Gasteiger partial charge on any atom is 0.412 e. The van der Waals surface area contributed by atoms with Crippen molar-refractivity contribution < 1.29 is 29.0 Å². The third kappa shape index (κ3) is 6.83. The lowest BCUT2D eigenvalue weighted by Gasteiger charge is -2.20. The lowest BCUT2D eigenvalue weighted by molar-refractivity contribution is -0.133. The fourth-order valence-corrected chi connectivity index (χ4v) is 4.86. The Bertz CT molecular complexity index is 1290. The van der Waals surface area contributed by atoms with Crippen LogP contribution < -0.4 is 10.6 Å². The Labute approximate surface area is 219 Å². The third-order valence-corrected chi connectivity index (χ3v) is 6.46.